The average Bonchev–Trinajstić information content (AvgIpc) is 2.85. The molecule has 2 N–H and O–H groups in total. The highest BCUT2D eigenvalue weighted by atomic mass is 32.2. The molecule has 0 aromatic heterocycles. The van der Waals surface area contributed by atoms with Crippen LogP contribution in [0, 0.1) is 11.6 Å². The summed E-state index contributed by atoms with van der Waals surface area (Å²) in [6.07, 6.45) is 0.496. The normalized spacial score (nSPS) is 19.0. The van der Waals surface area contributed by atoms with Gasteiger partial charge < -0.3 is 15.2 Å². The number of amides is 1. The molecule has 1 saturated heterocycles. The van der Waals surface area contributed by atoms with Gasteiger partial charge in [0.15, 0.2) is 16.7 Å². The van der Waals surface area contributed by atoms with Crippen molar-refractivity contribution in [1.29, 1.82) is 0 Å². The smallest absolute Gasteiger partial charge is 0.305 e. The maximum atomic E-state index is 14.0. The molecule has 10 heteroatoms. The molecular formula is C14H13F2N3O4S. The van der Waals surface area contributed by atoms with Gasteiger partial charge in [-0.3, -0.25) is 9.59 Å². The second-order valence-corrected chi connectivity index (χ2v) is 5.74. The number of nitrogens with zero attached hydrogens (tertiary/aromatic N) is 2. The van der Waals surface area contributed by atoms with E-state index in [2.05, 4.69) is 15.5 Å². The molecule has 1 amide bonds. The first kappa shape index (κ1) is 17.9. The van der Waals surface area contributed by atoms with E-state index in [1.807, 2.05) is 0 Å². The van der Waals surface area contributed by atoms with Crippen LogP contribution in [0.4, 0.5) is 8.78 Å². The summed E-state index contributed by atoms with van der Waals surface area (Å²) in [5.74, 6) is -3.49. The minimum atomic E-state index is -1.12. The van der Waals surface area contributed by atoms with Gasteiger partial charge in [0.2, 0.25) is 5.91 Å². The van der Waals surface area contributed by atoms with Gasteiger partial charge in [-0.1, -0.05) is 11.8 Å². The number of carbonyl (C=O) groups excluding carboxylic acids is 1. The highest BCUT2D eigenvalue weighted by Crippen LogP contribution is 2.23. The van der Waals surface area contributed by atoms with E-state index < -0.39 is 34.3 Å². The first-order chi connectivity index (χ1) is 11.4. The molecule has 128 valence electrons. The summed E-state index contributed by atoms with van der Waals surface area (Å²) in [6.45, 7) is 1.88. The van der Waals surface area contributed by atoms with Crippen LogP contribution >= 0.6 is 11.8 Å². The van der Waals surface area contributed by atoms with Crippen molar-refractivity contribution >= 4 is 35.0 Å². The van der Waals surface area contributed by atoms with E-state index in [0.29, 0.717) is 0 Å². The maximum absolute atomic E-state index is 14.0. The molecule has 0 bridgehead atoms. The van der Waals surface area contributed by atoms with Gasteiger partial charge in [0.25, 0.3) is 0 Å². The second-order valence-electron chi connectivity index (χ2n) is 4.55. The van der Waals surface area contributed by atoms with Crippen LogP contribution in [0.1, 0.15) is 18.9 Å². The van der Waals surface area contributed by atoms with Crippen molar-refractivity contribution in [3.63, 3.8) is 0 Å². The van der Waals surface area contributed by atoms with Crippen molar-refractivity contribution in [2.75, 3.05) is 6.61 Å². The standard InChI is InChI=1S/C14H13F2N3O4S/c1-2-23-9-4-3-8(15)7(12(9)16)6-17-19-14-18-13(22)10(24-14)5-11(20)21/h3-4,6,10H,2,5H2,1H3,(H,20,21)(H,18,19,22). The molecule has 1 aliphatic heterocycles. The Hall–Kier alpha value is -2.49. The first-order valence-electron chi connectivity index (χ1n) is 6.83. The topological polar surface area (TPSA) is 100 Å². The number of carboxylic acids is 1. The van der Waals surface area contributed by atoms with Crippen molar-refractivity contribution in [3.05, 3.63) is 29.3 Å². The Morgan fingerprint density at radius 1 is 1.50 bits per heavy atom. The zero-order chi connectivity index (χ0) is 17.7. The molecule has 1 atom stereocenters. The Morgan fingerprint density at radius 2 is 2.25 bits per heavy atom. The van der Waals surface area contributed by atoms with Crippen LogP contribution in [-0.2, 0) is 9.59 Å². The SMILES string of the molecule is CCOc1ccc(F)c(C=NN=C2NC(=O)C(CC(=O)O)S2)c1F. The molecule has 1 aromatic carbocycles. The Kier molecular flexibility index (Phi) is 5.85. The lowest BCUT2D eigenvalue weighted by molar-refractivity contribution is -0.138. The number of amidine groups is 1. The summed E-state index contributed by atoms with van der Waals surface area (Å²) in [5.41, 5.74) is -0.429. The largest absolute Gasteiger partial charge is 0.491 e. The summed E-state index contributed by atoms with van der Waals surface area (Å²) in [4.78, 5) is 22.1. The summed E-state index contributed by atoms with van der Waals surface area (Å²) in [7, 11) is 0. The fourth-order valence-corrected chi connectivity index (χ4v) is 2.73. The van der Waals surface area contributed by atoms with E-state index >= 15 is 0 Å². The molecule has 0 radical (unpaired) electrons. The van der Waals surface area contributed by atoms with Crippen LogP contribution in [0.3, 0.4) is 0 Å². The molecule has 2 rings (SSSR count). The van der Waals surface area contributed by atoms with Gasteiger partial charge in [0.05, 0.1) is 24.8 Å². The maximum Gasteiger partial charge on any atom is 0.305 e. The fourth-order valence-electron chi connectivity index (χ4n) is 1.82. The summed E-state index contributed by atoms with van der Waals surface area (Å²) >= 11 is 0.884. The van der Waals surface area contributed by atoms with E-state index in [-0.39, 0.29) is 23.9 Å². The molecule has 0 saturated carbocycles. The van der Waals surface area contributed by atoms with Gasteiger partial charge in [-0.25, -0.2) is 8.78 Å². The molecule has 0 spiro atoms. The number of ether oxygens (including phenoxy) is 1. The van der Waals surface area contributed by atoms with Crippen LogP contribution in [0.2, 0.25) is 0 Å². The quantitative estimate of drug-likeness (QED) is 0.597. The summed E-state index contributed by atoms with van der Waals surface area (Å²) in [6, 6.07) is 2.21. The predicted molar refractivity (Wildman–Crippen MR) is 84.3 cm³/mol. The van der Waals surface area contributed by atoms with Crippen LogP contribution in [0.25, 0.3) is 0 Å². The highest BCUT2D eigenvalue weighted by molar-refractivity contribution is 8.15. The molecule has 7 nitrogen and oxygen atoms in total. The van der Waals surface area contributed by atoms with Crippen molar-refractivity contribution in [1.82, 2.24) is 5.32 Å². The van der Waals surface area contributed by atoms with E-state index in [4.69, 9.17) is 9.84 Å². The van der Waals surface area contributed by atoms with Crippen LogP contribution in [0.15, 0.2) is 22.3 Å². The number of benzene rings is 1. The zero-order valence-electron chi connectivity index (χ0n) is 12.5. The summed E-state index contributed by atoms with van der Waals surface area (Å²) < 4.78 is 32.7. The Morgan fingerprint density at radius 3 is 2.92 bits per heavy atom. The highest BCUT2D eigenvalue weighted by Gasteiger charge is 2.32. The number of carbonyl (C=O) groups is 2. The Labute approximate surface area is 139 Å². The molecule has 1 fully saturated rings. The van der Waals surface area contributed by atoms with Gasteiger partial charge in [0, 0.05) is 0 Å². The number of nitrogens with one attached hydrogen (secondary N) is 1. The third-order valence-electron chi connectivity index (χ3n) is 2.86. The van der Waals surface area contributed by atoms with Gasteiger partial charge in [-0.2, -0.15) is 5.10 Å². The van der Waals surface area contributed by atoms with Crippen molar-refractivity contribution < 1.29 is 28.2 Å². The van der Waals surface area contributed by atoms with E-state index in [0.717, 1.165) is 24.0 Å². The van der Waals surface area contributed by atoms with Gasteiger partial charge >= 0.3 is 5.97 Å². The van der Waals surface area contributed by atoms with E-state index in [1.165, 1.54) is 6.07 Å². The van der Waals surface area contributed by atoms with Crippen LogP contribution in [0.5, 0.6) is 5.75 Å². The van der Waals surface area contributed by atoms with Gasteiger partial charge in [0.1, 0.15) is 11.1 Å². The number of hydrogen-bond acceptors (Lipinski definition) is 6. The number of thioether (sulfide) groups is 1. The minimum Gasteiger partial charge on any atom is -0.491 e. The molecular weight excluding hydrogens is 344 g/mol. The van der Waals surface area contributed by atoms with Crippen molar-refractivity contribution in [2.24, 2.45) is 10.2 Å². The first-order valence-corrected chi connectivity index (χ1v) is 7.71. The van der Waals surface area contributed by atoms with E-state index in [9.17, 15) is 18.4 Å². The van der Waals surface area contributed by atoms with Crippen molar-refractivity contribution in [3.8, 4) is 5.75 Å². The third kappa shape index (κ3) is 4.28. The number of rotatable bonds is 6. The number of aliphatic carboxylic acids is 1. The Balaban J connectivity index is 2.13. The average molecular weight is 357 g/mol. The van der Waals surface area contributed by atoms with Gasteiger partial charge in [-0.05, 0) is 19.1 Å². The summed E-state index contributed by atoms with van der Waals surface area (Å²) in [5, 5.41) is 17.4. The monoisotopic (exact) mass is 357 g/mol. The molecule has 1 unspecified atom stereocenters. The van der Waals surface area contributed by atoms with Crippen LogP contribution in [-0.4, -0.2) is 40.2 Å². The van der Waals surface area contributed by atoms with Gasteiger partial charge in [-0.15, -0.1) is 5.10 Å². The molecule has 24 heavy (non-hydrogen) atoms. The molecule has 1 heterocycles. The number of halogens is 2. The molecule has 0 aliphatic carbocycles. The minimum absolute atomic E-state index is 0.0595. The predicted octanol–water partition coefficient (Wildman–Crippen LogP) is 1.76. The Bertz CT molecular complexity index is 724. The lowest BCUT2D eigenvalue weighted by Gasteiger charge is -2.06. The fraction of sp³-hybridized carbons (Fsp3) is 0.286. The lowest BCUT2D eigenvalue weighted by atomic mass is 10.2. The zero-order valence-corrected chi connectivity index (χ0v) is 13.3. The molecule has 1 aromatic rings. The number of hydrogen-bond donors (Lipinski definition) is 2. The van der Waals surface area contributed by atoms with E-state index in [1.54, 1.807) is 6.92 Å². The lowest BCUT2D eigenvalue weighted by Crippen LogP contribution is -2.26. The van der Waals surface area contributed by atoms with Crippen LogP contribution < -0.4 is 10.1 Å². The van der Waals surface area contributed by atoms with Crippen molar-refractivity contribution in [2.45, 2.75) is 18.6 Å². The molecule has 1 aliphatic rings. The third-order valence-corrected chi connectivity index (χ3v) is 3.94. The number of carboxylic acid groups (broad SMARTS) is 1. The second kappa shape index (κ2) is 7.86.